The molecule has 0 aliphatic carbocycles. The van der Waals surface area contributed by atoms with E-state index in [0.717, 1.165) is 17.5 Å². The molecular weight excluding hydrogens is 600 g/mol. The fourth-order valence-electron chi connectivity index (χ4n) is 5.13. The Bertz CT molecular complexity index is 1710. The molecule has 2 amide bonds. The number of primary amides is 1. The molecule has 11 heteroatoms. The molecule has 0 heterocycles. The summed E-state index contributed by atoms with van der Waals surface area (Å²) < 4.78 is 16.1. The van der Waals surface area contributed by atoms with E-state index in [2.05, 4.69) is 12.2 Å². The fraction of sp³-hybridized carbons (Fsp3) is 0.222. The summed E-state index contributed by atoms with van der Waals surface area (Å²) in [7, 11) is 0. The van der Waals surface area contributed by atoms with Crippen LogP contribution in [0.4, 0.5) is 5.69 Å². The highest BCUT2D eigenvalue weighted by Crippen LogP contribution is 2.29. The van der Waals surface area contributed by atoms with Crippen molar-refractivity contribution in [3.8, 4) is 11.1 Å². The topological polar surface area (TPSA) is 186 Å². The van der Waals surface area contributed by atoms with Crippen LogP contribution in [0.3, 0.4) is 0 Å². The van der Waals surface area contributed by atoms with Gasteiger partial charge in [-0.2, -0.15) is 0 Å². The molecule has 1 unspecified atom stereocenters. The number of carbonyl (C=O) groups is 4. The molecular formula is C36H38N4O7. The van der Waals surface area contributed by atoms with Gasteiger partial charge in [-0.3, -0.25) is 24.9 Å². The summed E-state index contributed by atoms with van der Waals surface area (Å²) in [4.78, 5) is 52.0. The second kappa shape index (κ2) is 16.3. The maximum absolute atomic E-state index is 13.4. The Morgan fingerprint density at radius 1 is 0.745 bits per heavy atom. The van der Waals surface area contributed by atoms with Crippen molar-refractivity contribution in [2.75, 3.05) is 32.0 Å². The Morgan fingerprint density at radius 3 is 2.09 bits per heavy atom. The van der Waals surface area contributed by atoms with Gasteiger partial charge in [0.25, 0.3) is 11.8 Å². The molecule has 0 fully saturated rings. The zero-order valence-electron chi connectivity index (χ0n) is 26.1. The van der Waals surface area contributed by atoms with E-state index < -0.39 is 35.8 Å². The Morgan fingerprint density at radius 2 is 1.43 bits per heavy atom. The third-order valence-corrected chi connectivity index (χ3v) is 7.67. The first-order valence-electron chi connectivity index (χ1n) is 15.0. The second-order valence-electron chi connectivity index (χ2n) is 10.7. The van der Waals surface area contributed by atoms with Crippen LogP contribution in [0.25, 0.3) is 11.1 Å². The molecule has 7 N–H and O–H groups in total. The lowest BCUT2D eigenvalue weighted by Crippen LogP contribution is -2.47. The number of nitrogens with one attached hydrogen (secondary N) is 1. The number of hydrogen-bond donors (Lipinski definition) is 4. The molecule has 0 aliphatic heterocycles. The van der Waals surface area contributed by atoms with Crippen LogP contribution in [-0.2, 0) is 42.1 Å². The SMILES string of the molecule is CCc1ccc(-c2ccccc2C(=O)Nc2ccc(CC(=O)OCC(COCN)(C(=O)OCN)c3ccccc3)cc2C(N)=O)cc1. The molecule has 4 aromatic rings. The van der Waals surface area contributed by atoms with Crippen LogP contribution in [0.5, 0.6) is 0 Å². The summed E-state index contributed by atoms with van der Waals surface area (Å²) in [5, 5.41) is 2.79. The van der Waals surface area contributed by atoms with Crippen LogP contribution in [0, 0.1) is 0 Å². The molecule has 0 aromatic heterocycles. The summed E-state index contributed by atoms with van der Waals surface area (Å²) in [6, 6.07) is 28.2. The van der Waals surface area contributed by atoms with Gasteiger partial charge < -0.3 is 31.0 Å². The number of esters is 2. The number of aryl methyl sites for hydroxylation is 1. The molecule has 4 aromatic carbocycles. The van der Waals surface area contributed by atoms with E-state index in [-0.39, 0.29) is 37.7 Å². The summed E-state index contributed by atoms with van der Waals surface area (Å²) in [6.07, 6.45) is 0.632. The van der Waals surface area contributed by atoms with Gasteiger partial charge in [-0.15, -0.1) is 0 Å². The Labute approximate surface area is 273 Å². The van der Waals surface area contributed by atoms with Crippen molar-refractivity contribution in [2.24, 2.45) is 17.2 Å². The van der Waals surface area contributed by atoms with Gasteiger partial charge >= 0.3 is 11.9 Å². The van der Waals surface area contributed by atoms with E-state index in [4.69, 9.17) is 31.4 Å². The van der Waals surface area contributed by atoms with Crippen molar-refractivity contribution in [2.45, 2.75) is 25.2 Å². The number of amides is 2. The van der Waals surface area contributed by atoms with Gasteiger partial charge in [0.2, 0.25) is 0 Å². The number of ether oxygens (including phenoxy) is 3. The van der Waals surface area contributed by atoms with E-state index in [1.54, 1.807) is 48.5 Å². The summed E-state index contributed by atoms with van der Waals surface area (Å²) in [5.74, 6) is -2.68. The molecule has 0 aliphatic rings. The van der Waals surface area contributed by atoms with Gasteiger partial charge in [0.15, 0.2) is 5.41 Å². The largest absolute Gasteiger partial charge is 0.464 e. The fourth-order valence-corrected chi connectivity index (χ4v) is 5.13. The first kappa shape index (κ1) is 34.5. The molecule has 244 valence electrons. The van der Waals surface area contributed by atoms with Crippen molar-refractivity contribution in [3.63, 3.8) is 0 Å². The molecule has 0 radical (unpaired) electrons. The van der Waals surface area contributed by atoms with E-state index in [1.807, 2.05) is 36.4 Å². The van der Waals surface area contributed by atoms with Gasteiger partial charge in [0.1, 0.15) is 13.3 Å². The van der Waals surface area contributed by atoms with Gasteiger partial charge in [-0.25, -0.2) is 0 Å². The van der Waals surface area contributed by atoms with Crippen LogP contribution < -0.4 is 22.5 Å². The van der Waals surface area contributed by atoms with Crippen LogP contribution in [0.2, 0.25) is 0 Å². The monoisotopic (exact) mass is 638 g/mol. The number of hydrogen-bond acceptors (Lipinski definition) is 9. The summed E-state index contributed by atoms with van der Waals surface area (Å²) in [5.41, 5.74) is 19.4. The predicted octanol–water partition coefficient (Wildman–Crippen LogP) is 3.68. The van der Waals surface area contributed by atoms with Crippen LogP contribution >= 0.6 is 0 Å². The van der Waals surface area contributed by atoms with E-state index in [9.17, 15) is 19.2 Å². The molecule has 0 bridgehead atoms. The highest BCUT2D eigenvalue weighted by molar-refractivity contribution is 6.11. The second-order valence-corrected chi connectivity index (χ2v) is 10.7. The zero-order chi connectivity index (χ0) is 33.8. The van der Waals surface area contributed by atoms with E-state index >= 15 is 0 Å². The molecule has 0 spiro atoms. The molecule has 0 saturated heterocycles. The molecule has 0 saturated carbocycles. The van der Waals surface area contributed by atoms with E-state index in [1.165, 1.54) is 17.7 Å². The molecule has 4 rings (SSSR count). The number of nitrogens with two attached hydrogens (primary N) is 3. The Hall–Kier alpha value is -5.36. The molecule has 1 atom stereocenters. The highest BCUT2D eigenvalue weighted by atomic mass is 16.6. The average molecular weight is 639 g/mol. The first-order valence-corrected chi connectivity index (χ1v) is 15.0. The molecule has 11 nitrogen and oxygen atoms in total. The minimum absolute atomic E-state index is 0.00920. The van der Waals surface area contributed by atoms with Crippen molar-refractivity contribution < 1.29 is 33.4 Å². The van der Waals surface area contributed by atoms with Gasteiger partial charge in [-0.1, -0.05) is 85.8 Å². The zero-order valence-corrected chi connectivity index (χ0v) is 26.1. The number of rotatable bonds is 15. The van der Waals surface area contributed by atoms with Crippen molar-refractivity contribution >= 4 is 29.4 Å². The van der Waals surface area contributed by atoms with Crippen molar-refractivity contribution in [1.29, 1.82) is 0 Å². The Kier molecular flexibility index (Phi) is 12.0. The third-order valence-electron chi connectivity index (χ3n) is 7.67. The smallest absolute Gasteiger partial charge is 0.323 e. The highest BCUT2D eigenvalue weighted by Gasteiger charge is 2.44. The van der Waals surface area contributed by atoms with E-state index in [0.29, 0.717) is 16.7 Å². The average Bonchev–Trinajstić information content (AvgIpc) is 3.09. The Balaban J connectivity index is 1.52. The van der Waals surface area contributed by atoms with Gasteiger partial charge in [0, 0.05) is 5.56 Å². The lowest BCUT2D eigenvalue weighted by molar-refractivity contribution is -0.160. The first-order chi connectivity index (χ1) is 22.7. The van der Waals surface area contributed by atoms with Crippen molar-refractivity contribution in [1.82, 2.24) is 0 Å². The lowest BCUT2D eigenvalue weighted by Gasteiger charge is -2.31. The standard InChI is InChI=1S/C36H38N4O7/c1-2-24-12-15-26(16-13-24)28-10-6-7-11-29(28)34(43)40-31-17-14-25(18-30(31)33(39)42)19-32(41)46-21-36(20-45-22-37,35(44)47-23-38)27-8-4-3-5-9-27/h3-18H,2,19-23,37-38H2,1H3,(H2,39,42)(H,40,43). The quantitative estimate of drug-likeness (QED) is 0.111. The van der Waals surface area contributed by atoms with Crippen LogP contribution in [0.15, 0.2) is 97.1 Å². The maximum Gasteiger partial charge on any atom is 0.323 e. The number of anilines is 1. The normalized spacial score (nSPS) is 12.1. The maximum atomic E-state index is 13.4. The minimum atomic E-state index is -1.53. The number of carbonyl (C=O) groups excluding carboxylic acids is 4. The number of benzene rings is 4. The van der Waals surface area contributed by atoms with Gasteiger partial charge in [-0.05, 0) is 52.4 Å². The molecule has 47 heavy (non-hydrogen) atoms. The predicted molar refractivity (Wildman–Crippen MR) is 177 cm³/mol. The lowest BCUT2D eigenvalue weighted by atomic mass is 9.82. The summed E-state index contributed by atoms with van der Waals surface area (Å²) >= 11 is 0. The van der Waals surface area contributed by atoms with Crippen molar-refractivity contribution in [3.05, 3.63) is 125 Å². The van der Waals surface area contributed by atoms with Gasteiger partial charge in [0.05, 0.1) is 31.0 Å². The minimum Gasteiger partial charge on any atom is -0.464 e. The summed E-state index contributed by atoms with van der Waals surface area (Å²) in [6.45, 7) is 0.842. The van der Waals surface area contributed by atoms with Crippen LogP contribution in [0.1, 0.15) is 44.3 Å². The third kappa shape index (κ3) is 8.47. The van der Waals surface area contributed by atoms with Crippen LogP contribution in [-0.4, -0.2) is 50.4 Å².